The first kappa shape index (κ1) is 12.7. The van der Waals surface area contributed by atoms with E-state index >= 15 is 0 Å². The van der Waals surface area contributed by atoms with E-state index in [1.54, 1.807) is 0 Å². The van der Waals surface area contributed by atoms with Crippen molar-refractivity contribution in [1.82, 2.24) is 19.5 Å². The highest BCUT2D eigenvalue weighted by atomic mass is 32.2. The van der Waals surface area contributed by atoms with E-state index in [9.17, 15) is 9.59 Å². The van der Waals surface area contributed by atoms with Crippen LogP contribution >= 0.6 is 11.8 Å². The van der Waals surface area contributed by atoms with E-state index in [1.807, 2.05) is 6.92 Å². The zero-order valence-corrected chi connectivity index (χ0v) is 11.1. The quantitative estimate of drug-likeness (QED) is 0.618. The van der Waals surface area contributed by atoms with Gasteiger partial charge in [-0.3, -0.25) is 14.2 Å². The van der Waals surface area contributed by atoms with Crippen LogP contribution in [0.1, 0.15) is 25.6 Å². The van der Waals surface area contributed by atoms with Crippen LogP contribution in [0.3, 0.4) is 0 Å². The number of imidazole rings is 1. The molecule has 2 aromatic heterocycles. The minimum atomic E-state index is -0.203. The first-order chi connectivity index (χ1) is 8.50. The summed E-state index contributed by atoms with van der Waals surface area (Å²) in [5.74, 6) is -0.0930. The van der Waals surface area contributed by atoms with Gasteiger partial charge in [-0.25, -0.2) is 15.0 Å². The fraction of sp³-hybridized carbons (Fsp3) is 0.364. The summed E-state index contributed by atoms with van der Waals surface area (Å²) in [6.45, 7) is 4.78. The summed E-state index contributed by atoms with van der Waals surface area (Å²) < 4.78 is 1.36. The SMILES string of the molecule is CC(=O)C(C)Sc1ncnc2c1ncn2C(C)=O. The largest absolute Gasteiger partial charge is 0.299 e. The number of carbonyl (C=O) groups excluding carboxylic acids is 2. The van der Waals surface area contributed by atoms with Crippen LogP contribution in [0.5, 0.6) is 0 Å². The first-order valence-corrected chi connectivity index (χ1v) is 6.24. The Labute approximate surface area is 108 Å². The highest BCUT2D eigenvalue weighted by molar-refractivity contribution is 8.00. The fourth-order valence-corrected chi connectivity index (χ4v) is 2.24. The van der Waals surface area contributed by atoms with Crippen molar-refractivity contribution in [3.05, 3.63) is 12.7 Å². The molecule has 0 fully saturated rings. The summed E-state index contributed by atoms with van der Waals surface area (Å²) in [6.07, 6.45) is 2.79. The third-order valence-electron chi connectivity index (χ3n) is 2.50. The average molecular weight is 264 g/mol. The molecule has 0 saturated carbocycles. The number of hydrogen-bond donors (Lipinski definition) is 0. The number of fused-ring (bicyclic) bond motifs is 1. The van der Waals surface area contributed by atoms with Crippen molar-refractivity contribution in [3.63, 3.8) is 0 Å². The maximum atomic E-state index is 11.4. The lowest BCUT2D eigenvalue weighted by Gasteiger charge is -2.06. The number of thioether (sulfide) groups is 1. The minimum absolute atomic E-state index is 0.0674. The van der Waals surface area contributed by atoms with Crippen molar-refractivity contribution in [2.24, 2.45) is 0 Å². The maximum Gasteiger partial charge on any atom is 0.230 e. The predicted octanol–water partition coefficient (Wildman–Crippen LogP) is 1.56. The van der Waals surface area contributed by atoms with Crippen LogP contribution in [-0.2, 0) is 4.79 Å². The Kier molecular flexibility index (Phi) is 3.42. The number of rotatable bonds is 3. The van der Waals surface area contributed by atoms with Crippen molar-refractivity contribution in [2.75, 3.05) is 0 Å². The molecule has 1 atom stereocenters. The molecule has 0 aromatic carbocycles. The highest BCUT2D eigenvalue weighted by Gasteiger charge is 2.16. The predicted molar refractivity (Wildman–Crippen MR) is 67.6 cm³/mol. The van der Waals surface area contributed by atoms with Gasteiger partial charge in [0.05, 0.1) is 5.25 Å². The molecule has 2 aromatic rings. The zero-order chi connectivity index (χ0) is 13.3. The summed E-state index contributed by atoms with van der Waals surface area (Å²) >= 11 is 1.32. The van der Waals surface area contributed by atoms with Crippen LogP contribution in [0.15, 0.2) is 17.7 Å². The molecular formula is C11H12N4O2S. The van der Waals surface area contributed by atoms with E-state index in [4.69, 9.17) is 0 Å². The lowest BCUT2D eigenvalue weighted by atomic mass is 10.3. The van der Waals surface area contributed by atoms with Crippen LogP contribution in [0.2, 0.25) is 0 Å². The molecule has 2 rings (SSSR count). The molecule has 94 valence electrons. The lowest BCUT2D eigenvalue weighted by Crippen LogP contribution is -2.09. The van der Waals surface area contributed by atoms with Crippen molar-refractivity contribution in [2.45, 2.75) is 31.0 Å². The van der Waals surface area contributed by atoms with E-state index in [0.717, 1.165) is 0 Å². The van der Waals surface area contributed by atoms with Gasteiger partial charge in [0.1, 0.15) is 29.0 Å². The molecule has 0 amide bonds. The topological polar surface area (TPSA) is 77.7 Å². The van der Waals surface area contributed by atoms with Crippen LogP contribution < -0.4 is 0 Å². The van der Waals surface area contributed by atoms with Gasteiger partial charge in [-0.15, -0.1) is 0 Å². The van der Waals surface area contributed by atoms with Gasteiger partial charge in [0.25, 0.3) is 0 Å². The Bertz CT molecular complexity index is 623. The molecule has 0 N–H and O–H groups in total. The lowest BCUT2D eigenvalue weighted by molar-refractivity contribution is -0.116. The Balaban J connectivity index is 2.47. The standard InChI is InChI=1S/C11H12N4O2S/c1-6(16)7(2)18-11-9-10(12-4-13-11)15(5-14-9)8(3)17/h4-5,7H,1-3H3. The number of ketones is 1. The summed E-state index contributed by atoms with van der Waals surface area (Å²) in [5.41, 5.74) is 1.02. The summed E-state index contributed by atoms with van der Waals surface area (Å²) in [5, 5.41) is 0.410. The Morgan fingerprint density at radius 1 is 1.28 bits per heavy atom. The van der Waals surface area contributed by atoms with Gasteiger partial charge in [0, 0.05) is 6.92 Å². The van der Waals surface area contributed by atoms with E-state index in [1.165, 1.54) is 42.8 Å². The second kappa shape index (κ2) is 4.85. The number of Topliss-reactive ketones (excluding diaryl/α,β-unsaturated/α-hetero) is 1. The average Bonchev–Trinajstić information content (AvgIpc) is 2.73. The number of nitrogens with zero attached hydrogens (tertiary/aromatic N) is 4. The van der Waals surface area contributed by atoms with Crippen molar-refractivity contribution >= 4 is 34.6 Å². The molecule has 0 bridgehead atoms. The van der Waals surface area contributed by atoms with Gasteiger partial charge >= 0.3 is 0 Å². The van der Waals surface area contributed by atoms with Crippen LogP contribution in [-0.4, -0.2) is 36.5 Å². The van der Waals surface area contributed by atoms with Gasteiger partial charge in [-0.2, -0.15) is 0 Å². The van der Waals surface area contributed by atoms with Crippen LogP contribution in [0, 0.1) is 0 Å². The number of carbonyl (C=O) groups is 2. The Morgan fingerprint density at radius 3 is 2.61 bits per heavy atom. The third kappa shape index (κ3) is 2.26. The summed E-state index contributed by atoms with van der Waals surface area (Å²) in [4.78, 5) is 34.9. The van der Waals surface area contributed by atoms with Crippen LogP contribution in [0.4, 0.5) is 0 Å². The molecule has 0 aliphatic heterocycles. The van der Waals surface area contributed by atoms with Gasteiger partial charge in [-0.1, -0.05) is 11.8 Å². The van der Waals surface area contributed by atoms with Gasteiger partial charge < -0.3 is 0 Å². The minimum Gasteiger partial charge on any atom is -0.299 e. The van der Waals surface area contributed by atoms with Crippen molar-refractivity contribution < 1.29 is 9.59 Å². The molecule has 6 nitrogen and oxygen atoms in total. The Morgan fingerprint density at radius 2 is 2.00 bits per heavy atom. The monoisotopic (exact) mass is 264 g/mol. The molecule has 0 radical (unpaired) electrons. The van der Waals surface area contributed by atoms with Crippen molar-refractivity contribution in [3.8, 4) is 0 Å². The smallest absolute Gasteiger partial charge is 0.230 e. The fourth-order valence-electron chi connectivity index (χ4n) is 1.38. The summed E-state index contributed by atoms with van der Waals surface area (Å²) in [6, 6.07) is 0. The normalized spacial score (nSPS) is 12.6. The van der Waals surface area contributed by atoms with Crippen LogP contribution in [0.25, 0.3) is 11.2 Å². The molecule has 18 heavy (non-hydrogen) atoms. The van der Waals surface area contributed by atoms with E-state index in [2.05, 4.69) is 15.0 Å². The molecule has 0 aliphatic carbocycles. The molecule has 0 saturated heterocycles. The van der Waals surface area contributed by atoms with E-state index < -0.39 is 0 Å². The molecular weight excluding hydrogens is 252 g/mol. The molecule has 2 heterocycles. The summed E-state index contributed by atoms with van der Waals surface area (Å²) in [7, 11) is 0. The van der Waals surface area contributed by atoms with Gasteiger partial charge in [0.15, 0.2) is 5.65 Å². The third-order valence-corrected chi connectivity index (χ3v) is 3.71. The molecule has 1 unspecified atom stereocenters. The second-order valence-electron chi connectivity index (χ2n) is 3.86. The van der Waals surface area contributed by atoms with E-state index in [-0.39, 0.29) is 16.9 Å². The number of hydrogen-bond acceptors (Lipinski definition) is 6. The number of aromatic nitrogens is 4. The molecule has 0 spiro atoms. The highest BCUT2D eigenvalue weighted by Crippen LogP contribution is 2.27. The zero-order valence-electron chi connectivity index (χ0n) is 10.2. The van der Waals surface area contributed by atoms with E-state index in [0.29, 0.717) is 16.2 Å². The van der Waals surface area contributed by atoms with Gasteiger partial charge in [0.2, 0.25) is 5.91 Å². The van der Waals surface area contributed by atoms with Gasteiger partial charge in [-0.05, 0) is 13.8 Å². The molecule has 7 heteroatoms. The molecule has 0 aliphatic rings. The first-order valence-electron chi connectivity index (χ1n) is 5.36. The second-order valence-corrected chi connectivity index (χ2v) is 5.18. The maximum absolute atomic E-state index is 11.4. The Hall–Kier alpha value is -1.76. The van der Waals surface area contributed by atoms with Crippen molar-refractivity contribution in [1.29, 1.82) is 0 Å².